The Kier molecular flexibility index (Phi) is 5.05. The van der Waals surface area contributed by atoms with Crippen molar-refractivity contribution in [3.8, 4) is 0 Å². The van der Waals surface area contributed by atoms with Crippen molar-refractivity contribution >= 4 is 0 Å². The highest BCUT2D eigenvalue weighted by molar-refractivity contribution is 5.20. The van der Waals surface area contributed by atoms with Crippen LogP contribution in [0, 0.1) is 17.2 Å². The molecule has 1 aromatic rings. The smallest absolute Gasteiger partial charge is 0.127 e. The van der Waals surface area contributed by atoms with Crippen molar-refractivity contribution in [2.75, 3.05) is 20.6 Å². The fourth-order valence-electron chi connectivity index (χ4n) is 3.92. The van der Waals surface area contributed by atoms with Crippen molar-refractivity contribution in [3.05, 3.63) is 35.6 Å². The first-order chi connectivity index (χ1) is 9.86. The molecule has 0 aliphatic heterocycles. The van der Waals surface area contributed by atoms with Gasteiger partial charge in [-0.05, 0) is 51.3 Å². The van der Waals surface area contributed by atoms with Crippen molar-refractivity contribution in [1.82, 2.24) is 10.2 Å². The van der Waals surface area contributed by atoms with E-state index in [2.05, 4.69) is 45.1 Å². The number of hydrogen-bond donors (Lipinski definition) is 1. The van der Waals surface area contributed by atoms with Crippen LogP contribution >= 0.6 is 0 Å². The second-order valence-electron chi connectivity index (χ2n) is 7.19. The van der Waals surface area contributed by atoms with Gasteiger partial charge in [0.15, 0.2) is 0 Å². The maximum atomic E-state index is 13.9. The zero-order chi connectivity index (χ0) is 15.6. The van der Waals surface area contributed by atoms with Gasteiger partial charge in [0.05, 0.1) is 0 Å². The summed E-state index contributed by atoms with van der Waals surface area (Å²) in [5.74, 6) is 0.526. The van der Waals surface area contributed by atoms with Crippen LogP contribution in [0.2, 0.25) is 0 Å². The normalized spacial score (nSPS) is 26.2. The first-order valence-corrected chi connectivity index (χ1v) is 7.98. The summed E-state index contributed by atoms with van der Waals surface area (Å²) in [7, 11) is 4.17. The standard InChI is InChI=1S/C18H29FN2/c1-13(15-8-6-7-9-16(15)19)21(5)12-14-10-11-18(2,3)17(14)20-4/h6-9,13-14,17,20H,10-12H2,1-5H3. The van der Waals surface area contributed by atoms with Crippen LogP contribution in [0.25, 0.3) is 0 Å². The van der Waals surface area contributed by atoms with E-state index in [1.54, 1.807) is 12.1 Å². The van der Waals surface area contributed by atoms with Gasteiger partial charge in [-0.1, -0.05) is 32.0 Å². The van der Waals surface area contributed by atoms with E-state index in [1.807, 2.05) is 12.1 Å². The third-order valence-electron chi connectivity index (χ3n) is 5.32. The SMILES string of the molecule is CNC1C(CN(C)C(C)c2ccccc2F)CCC1(C)C. The second-order valence-corrected chi connectivity index (χ2v) is 7.19. The van der Waals surface area contributed by atoms with E-state index >= 15 is 0 Å². The molecule has 1 fully saturated rings. The minimum absolute atomic E-state index is 0.103. The summed E-state index contributed by atoms with van der Waals surface area (Å²) in [6.07, 6.45) is 2.50. The lowest BCUT2D eigenvalue weighted by molar-refractivity contribution is 0.180. The molecule has 1 aliphatic carbocycles. The zero-order valence-electron chi connectivity index (χ0n) is 14.0. The Morgan fingerprint density at radius 1 is 1.38 bits per heavy atom. The topological polar surface area (TPSA) is 15.3 Å². The maximum absolute atomic E-state index is 13.9. The minimum Gasteiger partial charge on any atom is -0.316 e. The van der Waals surface area contributed by atoms with E-state index in [4.69, 9.17) is 0 Å². The molecule has 1 saturated carbocycles. The number of benzene rings is 1. The molecule has 3 unspecified atom stereocenters. The molecule has 3 atom stereocenters. The molecule has 118 valence electrons. The van der Waals surface area contributed by atoms with Gasteiger partial charge in [-0.3, -0.25) is 4.90 Å². The van der Waals surface area contributed by atoms with Gasteiger partial charge in [0.1, 0.15) is 5.82 Å². The molecule has 0 heterocycles. The van der Waals surface area contributed by atoms with E-state index in [0.717, 1.165) is 12.1 Å². The van der Waals surface area contributed by atoms with Gasteiger partial charge in [0.25, 0.3) is 0 Å². The van der Waals surface area contributed by atoms with Gasteiger partial charge < -0.3 is 5.32 Å². The Morgan fingerprint density at radius 3 is 2.67 bits per heavy atom. The highest BCUT2D eigenvalue weighted by Gasteiger charge is 2.41. The summed E-state index contributed by atoms with van der Waals surface area (Å²) in [5, 5.41) is 3.50. The molecular weight excluding hydrogens is 263 g/mol. The van der Waals surface area contributed by atoms with Crippen LogP contribution in [0.3, 0.4) is 0 Å². The summed E-state index contributed by atoms with van der Waals surface area (Å²) in [6, 6.07) is 7.75. The lowest BCUT2D eigenvalue weighted by Gasteiger charge is -2.34. The predicted octanol–water partition coefficient (Wildman–Crippen LogP) is 3.84. The Balaban J connectivity index is 2.05. The number of rotatable bonds is 5. The van der Waals surface area contributed by atoms with E-state index < -0.39 is 0 Å². The molecule has 2 nitrogen and oxygen atoms in total. The molecule has 21 heavy (non-hydrogen) atoms. The summed E-state index contributed by atoms with van der Waals surface area (Å²) >= 11 is 0. The van der Waals surface area contributed by atoms with Crippen LogP contribution < -0.4 is 5.32 Å². The molecular formula is C18H29FN2. The molecule has 3 heteroatoms. The van der Waals surface area contributed by atoms with Crippen molar-refractivity contribution in [1.29, 1.82) is 0 Å². The fourth-order valence-corrected chi connectivity index (χ4v) is 3.92. The van der Waals surface area contributed by atoms with Gasteiger partial charge in [0, 0.05) is 24.2 Å². The first-order valence-electron chi connectivity index (χ1n) is 7.98. The minimum atomic E-state index is -0.103. The summed E-state index contributed by atoms with van der Waals surface area (Å²) in [4.78, 5) is 2.29. The second kappa shape index (κ2) is 6.45. The molecule has 0 saturated heterocycles. The zero-order valence-corrected chi connectivity index (χ0v) is 14.0. The number of halogens is 1. The third kappa shape index (κ3) is 3.46. The summed E-state index contributed by atoms with van der Waals surface area (Å²) < 4.78 is 13.9. The van der Waals surface area contributed by atoms with Gasteiger partial charge in [-0.15, -0.1) is 0 Å². The molecule has 0 amide bonds. The van der Waals surface area contributed by atoms with E-state index in [1.165, 1.54) is 12.8 Å². The maximum Gasteiger partial charge on any atom is 0.127 e. The summed E-state index contributed by atoms with van der Waals surface area (Å²) in [5.41, 5.74) is 1.14. The van der Waals surface area contributed by atoms with Gasteiger partial charge in [0.2, 0.25) is 0 Å². The number of nitrogens with zero attached hydrogens (tertiary/aromatic N) is 1. The van der Waals surface area contributed by atoms with Crippen molar-refractivity contribution in [2.24, 2.45) is 11.3 Å². The predicted molar refractivity (Wildman–Crippen MR) is 86.8 cm³/mol. The molecule has 2 rings (SSSR count). The van der Waals surface area contributed by atoms with Crippen LogP contribution in [0.4, 0.5) is 4.39 Å². The van der Waals surface area contributed by atoms with E-state index in [0.29, 0.717) is 17.4 Å². The van der Waals surface area contributed by atoms with E-state index in [-0.39, 0.29) is 11.9 Å². The fraction of sp³-hybridized carbons (Fsp3) is 0.667. The molecule has 0 spiro atoms. The van der Waals surface area contributed by atoms with Crippen LogP contribution in [0.1, 0.15) is 45.2 Å². The van der Waals surface area contributed by atoms with Gasteiger partial charge in [-0.25, -0.2) is 4.39 Å². The monoisotopic (exact) mass is 292 g/mol. The van der Waals surface area contributed by atoms with Crippen LogP contribution in [-0.4, -0.2) is 31.6 Å². The van der Waals surface area contributed by atoms with Crippen molar-refractivity contribution < 1.29 is 4.39 Å². The molecule has 1 aromatic carbocycles. The molecule has 0 bridgehead atoms. The number of nitrogens with one attached hydrogen (secondary N) is 1. The number of hydrogen-bond acceptors (Lipinski definition) is 2. The Labute approximate surface area is 128 Å². The van der Waals surface area contributed by atoms with Crippen molar-refractivity contribution in [2.45, 2.75) is 45.7 Å². The lowest BCUT2D eigenvalue weighted by Crippen LogP contribution is -2.43. The van der Waals surface area contributed by atoms with Gasteiger partial charge >= 0.3 is 0 Å². The summed E-state index contributed by atoms with van der Waals surface area (Å²) in [6.45, 7) is 7.78. The highest BCUT2D eigenvalue weighted by atomic mass is 19.1. The Hall–Kier alpha value is -0.930. The van der Waals surface area contributed by atoms with Crippen LogP contribution in [0.5, 0.6) is 0 Å². The van der Waals surface area contributed by atoms with E-state index in [9.17, 15) is 4.39 Å². The largest absolute Gasteiger partial charge is 0.316 e. The van der Waals surface area contributed by atoms with Crippen molar-refractivity contribution in [3.63, 3.8) is 0 Å². The molecule has 1 aliphatic rings. The van der Waals surface area contributed by atoms with Crippen LogP contribution in [0.15, 0.2) is 24.3 Å². The Bertz CT molecular complexity index is 472. The average Bonchev–Trinajstić information content (AvgIpc) is 2.72. The quantitative estimate of drug-likeness (QED) is 0.887. The lowest BCUT2D eigenvalue weighted by atomic mass is 9.84. The van der Waals surface area contributed by atoms with Gasteiger partial charge in [-0.2, -0.15) is 0 Å². The molecule has 0 aromatic heterocycles. The van der Waals surface area contributed by atoms with Crippen LogP contribution in [-0.2, 0) is 0 Å². The molecule has 1 N–H and O–H groups in total. The highest BCUT2D eigenvalue weighted by Crippen LogP contribution is 2.42. The third-order valence-corrected chi connectivity index (χ3v) is 5.32. The first kappa shape index (κ1) is 16.4. The average molecular weight is 292 g/mol. The molecule has 0 radical (unpaired) electrons. The Morgan fingerprint density at radius 2 is 2.05 bits per heavy atom.